The van der Waals surface area contributed by atoms with Crippen LogP contribution in [0.1, 0.15) is 12.0 Å². The Kier molecular flexibility index (Phi) is 4.66. The van der Waals surface area contributed by atoms with Gasteiger partial charge in [-0.15, -0.1) is 0 Å². The lowest BCUT2D eigenvalue weighted by Crippen LogP contribution is -1.77. The third kappa shape index (κ3) is 3.12. The summed E-state index contributed by atoms with van der Waals surface area (Å²) in [6.07, 6.45) is 4.70. The molecule has 0 radical (unpaired) electrons. The van der Waals surface area contributed by atoms with Crippen LogP contribution in [0.2, 0.25) is 10.0 Å². The molecular formula is C10H10Cl2OS. The van der Waals surface area contributed by atoms with E-state index in [0.717, 1.165) is 17.7 Å². The third-order valence-corrected chi connectivity index (χ3v) is 2.55. The predicted octanol–water partition coefficient (Wildman–Crippen LogP) is 4.03. The quantitative estimate of drug-likeness (QED) is 0.775. The summed E-state index contributed by atoms with van der Waals surface area (Å²) < 4.78 is 0. The van der Waals surface area contributed by atoms with Crippen molar-refractivity contribution in [2.75, 3.05) is 5.75 Å². The first kappa shape index (κ1) is 11.8. The van der Waals surface area contributed by atoms with E-state index < -0.39 is 0 Å². The molecule has 0 heterocycles. The second-order valence-electron chi connectivity index (χ2n) is 2.74. The van der Waals surface area contributed by atoms with Crippen molar-refractivity contribution in [2.45, 2.75) is 6.42 Å². The molecule has 0 aliphatic carbocycles. The van der Waals surface area contributed by atoms with Gasteiger partial charge in [0.15, 0.2) is 0 Å². The summed E-state index contributed by atoms with van der Waals surface area (Å²) in [5.41, 5.74) is 0.802. The normalized spacial score (nSPS) is 11.1. The van der Waals surface area contributed by atoms with Gasteiger partial charge in [-0.1, -0.05) is 35.4 Å². The van der Waals surface area contributed by atoms with Gasteiger partial charge < -0.3 is 5.11 Å². The minimum atomic E-state index is 0.00279. The van der Waals surface area contributed by atoms with Gasteiger partial charge in [-0.2, -0.15) is 12.6 Å². The summed E-state index contributed by atoms with van der Waals surface area (Å²) >= 11 is 15.7. The van der Waals surface area contributed by atoms with E-state index in [4.69, 9.17) is 23.2 Å². The average Bonchev–Trinajstić information content (AvgIpc) is 2.14. The van der Waals surface area contributed by atoms with Crippen LogP contribution in [0.4, 0.5) is 0 Å². The van der Waals surface area contributed by atoms with Gasteiger partial charge in [0.25, 0.3) is 0 Å². The van der Waals surface area contributed by atoms with Gasteiger partial charge in [0, 0.05) is 6.07 Å². The predicted molar refractivity (Wildman–Crippen MR) is 65.6 cm³/mol. The highest BCUT2D eigenvalue weighted by Crippen LogP contribution is 2.30. The standard InChI is InChI=1S/C10H10Cl2OS/c11-8-6-10(13)9(12)5-7(8)3-1-2-4-14/h1,3,5-6,13-14H,2,4H2. The number of rotatable bonds is 3. The van der Waals surface area contributed by atoms with Crippen molar-refractivity contribution in [1.82, 2.24) is 0 Å². The second-order valence-corrected chi connectivity index (χ2v) is 4.00. The summed E-state index contributed by atoms with van der Waals surface area (Å²) in [5, 5.41) is 10.0. The van der Waals surface area contributed by atoms with Crippen molar-refractivity contribution in [1.29, 1.82) is 0 Å². The first-order valence-electron chi connectivity index (χ1n) is 4.10. The van der Waals surface area contributed by atoms with Gasteiger partial charge in [-0.05, 0) is 23.8 Å². The number of hydrogen-bond donors (Lipinski definition) is 2. The van der Waals surface area contributed by atoms with E-state index in [2.05, 4.69) is 12.6 Å². The van der Waals surface area contributed by atoms with E-state index in [1.54, 1.807) is 6.07 Å². The molecule has 0 unspecified atom stereocenters. The SMILES string of the molecule is Oc1cc(Cl)c(C=CCCS)cc1Cl. The van der Waals surface area contributed by atoms with Gasteiger partial charge in [-0.3, -0.25) is 0 Å². The molecule has 0 aliphatic heterocycles. The summed E-state index contributed by atoms with van der Waals surface area (Å²) in [5.74, 6) is 0.794. The van der Waals surface area contributed by atoms with E-state index in [-0.39, 0.29) is 5.75 Å². The lowest BCUT2D eigenvalue weighted by molar-refractivity contribution is 0.475. The van der Waals surface area contributed by atoms with E-state index in [9.17, 15) is 5.11 Å². The summed E-state index contributed by atoms with van der Waals surface area (Å²) in [7, 11) is 0. The molecule has 14 heavy (non-hydrogen) atoms. The highest BCUT2D eigenvalue weighted by Gasteiger charge is 2.03. The molecule has 0 fully saturated rings. The lowest BCUT2D eigenvalue weighted by Gasteiger charge is -2.01. The molecule has 1 rings (SSSR count). The molecule has 0 saturated carbocycles. The second kappa shape index (κ2) is 5.54. The molecule has 1 aromatic carbocycles. The third-order valence-electron chi connectivity index (χ3n) is 1.66. The maximum Gasteiger partial charge on any atom is 0.135 e. The number of aromatic hydroxyl groups is 1. The fraction of sp³-hybridized carbons (Fsp3) is 0.200. The van der Waals surface area contributed by atoms with Crippen LogP contribution >= 0.6 is 35.8 Å². The summed E-state index contributed by atoms with van der Waals surface area (Å²) in [6.45, 7) is 0. The molecule has 0 saturated heterocycles. The number of phenols is 1. The Hall–Kier alpha value is -0.310. The van der Waals surface area contributed by atoms with E-state index in [1.807, 2.05) is 12.2 Å². The van der Waals surface area contributed by atoms with Crippen LogP contribution in [-0.2, 0) is 0 Å². The summed E-state index contributed by atoms with van der Waals surface area (Å²) in [4.78, 5) is 0. The molecule has 0 atom stereocenters. The van der Waals surface area contributed by atoms with Crippen LogP contribution in [0, 0.1) is 0 Å². The average molecular weight is 249 g/mol. The zero-order valence-electron chi connectivity index (χ0n) is 7.37. The van der Waals surface area contributed by atoms with Crippen LogP contribution < -0.4 is 0 Å². The molecular weight excluding hydrogens is 239 g/mol. The van der Waals surface area contributed by atoms with E-state index in [1.165, 1.54) is 6.07 Å². The van der Waals surface area contributed by atoms with E-state index >= 15 is 0 Å². The monoisotopic (exact) mass is 248 g/mol. The van der Waals surface area contributed by atoms with Gasteiger partial charge in [0.05, 0.1) is 10.0 Å². The van der Waals surface area contributed by atoms with E-state index in [0.29, 0.717) is 10.0 Å². The Labute approximate surface area is 98.8 Å². The van der Waals surface area contributed by atoms with Crippen molar-refractivity contribution in [3.8, 4) is 5.75 Å². The molecule has 4 heteroatoms. The molecule has 0 spiro atoms. The molecule has 0 amide bonds. The number of allylic oxidation sites excluding steroid dienone is 1. The molecule has 1 nitrogen and oxygen atoms in total. The van der Waals surface area contributed by atoms with Crippen LogP contribution in [0.5, 0.6) is 5.75 Å². The Morgan fingerprint density at radius 1 is 1.29 bits per heavy atom. The molecule has 0 aromatic heterocycles. The molecule has 1 N–H and O–H groups in total. The smallest absolute Gasteiger partial charge is 0.135 e. The van der Waals surface area contributed by atoms with Gasteiger partial charge in [-0.25, -0.2) is 0 Å². The number of benzene rings is 1. The maximum absolute atomic E-state index is 9.24. The Morgan fingerprint density at radius 3 is 2.64 bits per heavy atom. The van der Waals surface area contributed by atoms with Gasteiger partial charge in [0.2, 0.25) is 0 Å². The van der Waals surface area contributed by atoms with Crippen LogP contribution in [0.3, 0.4) is 0 Å². The van der Waals surface area contributed by atoms with Crippen LogP contribution in [0.15, 0.2) is 18.2 Å². The fourth-order valence-corrected chi connectivity index (χ4v) is 1.51. The van der Waals surface area contributed by atoms with Crippen molar-refractivity contribution in [2.24, 2.45) is 0 Å². The number of halogens is 2. The topological polar surface area (TPSA) is 20.2 Å². The molecule has 0 bridgehead atoms. The number of hydrogen-bond acceptors (Lipinski definition) is 2. The first-order valence-corrected chi connectivity index (χ1v) is 5.49. The zero-order valence-corrected chi connectivity index (χ0v) is 9.78. The Balaban J connectivity index is 2.92. The molecule has 76 valence electrons. The minimum absolute atomic E-state index is 0.00279. The zero-order chi connectivity index (χ0) is 10.6. The summed E-state index contributed by atoms with van der Waals surface area (Å²) in [6, 6.07) is 3.07. The van der Waals surface area contributed by atoms with Crippen molar-refractivity contribution >= 4 is 41.9 Å². The van der Waals surface area contributed by atoms with Gasteiger partial charge >= 0.3 is 0 Å². The van der Waals surface area contributed by atoms with Crippen molar-refractivity contribution in [3.05, 3.63) is 33.8 Å². The molecule has 1 aromatic rings. The highest BCUT2D eigenvalue weighted by atomic mass is 35.5. The van der Waals surface area contributed by atoms with Crippen molar-refractivity contribution < 1.29 is 5.11 Å². The number of thiol groups is 1. The van der Waals surface area contributed by atoms with Crippen molar-refractivity contribution in [3.63, 3.8) is 0 Å². The first-order chi connectivity index (χ1) is 6.65. The number of phenolic OH excluding ortho intramolecular Hbond substituents is 1. The Bertz CT molecular complexity index is 350. The highest BCUT2D eigenvalue weighted by molar-refractivity contribution is 7.80. The van der Waals surface area contributed by atoms with Crippen LogP contribution in [-0.4, -0.2) is 10.9 Å². The fourth-order valence-electron chi connectivity index (χ4n) is 0.964. The maximum atomic E-state index is 9.24. The molecule has 0 aliphatic rings. The minimum Gasteiger partial charge on any atom is -0.506 e. The van der Waals surface area contributed by atoms with Gasteiger partial charge in [0.1, 0.15) is 5.75 Å². The van der Waals surface area contributed by atoms with Crippen LogP contribution in [0.25, 0.3) is 6.08 Å². The lowest BCUT2D eigenvalue weighted by atomic mass is 10.2. The largest absolute Gasteiger partial charge is 0.506 e. The Morgan fingerprint density at radius 2 is 2.00 bits per heavy atom.